The van der Waals surface area contributed by atoms with E-state index in [-0.39, 0.29) is 11.9 Å². The Kier molecular flexibility index (Phi) is 4.29. The number of ketones is 1. The second-order valence-corrected chi connectivity index (χ2v) is 5.28. The molecule has 1 aromatic rings. The summed E-state index contributed by atoms with van der Waals surface area (Å²) in [6.45, 7) is 7.60. The average molecular weight is 235 g/mol. The Morgan fingerprint density at radius 3 is 2.59 bits per heavy atom. The second-order valence-electron chi connectivity index (χ2n) is 5.28. The predicted octanol–water partition coefficient (Wildman–Crippen LogP) is 2.78. The zero-order chi connectivity index (χ0) is 13.1. The van der Waals surface area contributed by atoms with Gasteiger partial charge in [0.05, 0.1) is 6.10 Å². The maximum absolute atomic E-state index is 12.0. The van der Waals surface area contributed by atoms with Gasteiger partial charge < -0.3 is 10.5 Å². The molecule has 94 valence electrons. The molecule has 17 heavy (non-hydrogen) atoms. The highest BCUT2D eigenvalue weighted by Gasteiger charge is 2.18. The number of rotatable bonds is 5. The van der Waals surface area contributed by atoms with Crippen molar-refractivity contribution in [1.29, 1.82) is 0 Å². The Labute approximate surface area is 103 Å². The molecule has 0 aliphatic heterocycles. The fraction of sp³-hybridized carbons (Fsp3) is 0.500. The smallest absolute Gasteiger partial charge is 0.164 e. The zero-order valence-corrected chi connectivity index (χ0v) is 11.0. The lowest BCUT2D eigenvalue weighted by atomic mass is 9.95. The van der Waals surface area contributed by atoms with E-state index in [2.05, 4.69) is 0 Å². The van der Waals surface area contributed by atoms with E-state index in [1.807, 2.05) is 39.8 Å². The van der Waals surface area contributed by atoms with Crippen molar-refractivity contribution < 1.29 is 9.53 Å². The van der Waals surface area contributed by atoms with Crippen molar-refractivity contribution in [3.8, 4) is 5.75 Å². The number of ether oxygens (including phenoxy) is 1. The lowest BCUT2D eigenvalue weighted by Crippen LogP contribution is -2.34. The highest BCUT2D eigenvalue weighted by molar-refractivity contribution is 5.97. The highest BCUT2D eigenvalue weighted by Crippen LogP contribution is 2.18. The van der Waals surface area contributed by atoms with Crippen LogP contribution in [-0.2, 0) is 0 Å². The standard InChI is InChI=1S/C14H21NO2/c1-10(2)17-12-7-5-6-11(8-12)13(16)9-14(3,4)15/h5-8,10H,9,15H2,1-4H3. The third-order valence-corrected chi connectivity index (χ3v) is 2.14. The normalized spacial score (nSPS) is 11.6. The molecule has 0 spiro atoms. The maximum atomic E-state index is 12.0. The Morgan fingerprint density at radius 2 is 2.06 bits per heavy atom. The van der Waals surface area contributed by atoms with Crippen molar-refractivity contribution in [3.63, 3.8) is 0 Å². The molecule has 2 N–H and O–H groups in total. The lowest BCUT2D eigenvalue weighted by molar-refractivity contribution is 0.0959. The molecule has 0 aromatic heterocycles. The van der Waals surface area contributed by atoms with Gasteiger partial charge in [-0.25, -0.2) is 0 Å². The van der Waals surface area contributed by atoms with Crippen molar-refractivity contribution in [3.05, 3.63) is 29.8 Å². The van der Waals surface area contributed by atoms with E-state index in [1.54, 1.807) is 12.1 Å². The third kappa shape index (κ3) is 5.00. The molecule has 1 aromatic carbocycles. The molecular formula is C14H21NO2. The second kappa shape index (κ2) is 5.32. The van der Waals surface area contributed by atoms with Crippen molar-refractivity contribution in [2.24, 2.45) is 5.73 Å². The summed E-state index contributed by atoms with van der Waals surface area (Å²) in [5.41, 5.74) is 6.01. The third-order valence-electron chi connectivity index (χ3n) is 2.14. The quantitative estimate of drug-likeness (QED) is 0.798. The van der Waals surface area contributed by atoms with Crippen LogP contribution >= 0.6 is 0 Å². The molecule has 0 aliphatic carbocycles. The summed E-state index contributed by atoms with van der Waals surface area (Å²) in [6, 6.07) is 7.24. The first-order valence-corrected chi connectivity index (χ1v) is 5.87. The minimum absolute atomic E-state index is 0.0479. The molecule has 3 heteroatoms. The maximum Gasteiger partial charge on any atom is 0.164 e. The summed E-state index contributed by atoms with van der Waals surface area (Å²) in [5.74, 6) is 0.771. The van der Waals surface area contributed by atoms with Gasteiger partial charge in [-0.3, -0.25) is 4.79 Å². The van der Waals surface area contributed by atoms with E-state index in [9.17, 15) is 4.79 Å². The van der Waals surface area contributed by atoms with Crippen molar-refractivity contribution in [2.75, 3.05) is 0 Å². The van der Waals surface area contributed by atoms with Crippen LogP contribution in [0.2, 0.25) is 0 Å². The van der Waals surface area contributed by atoms with Gasteiger partial charge in [-0.05, 0) is 39.8 Å². The van der Waals surface area contributed by atoms with Gasteiger partial charge in [-0.2, -0.15) is 0 Å². The molecule has 0 bridgehead atoms. The van der Waals surface area contributed by atoms with Crippen molar-refractivity contribution in [2.45, 2.75) is 45.8 Å². The summed E-state index contributed by atoms with van der Waals surface area (Å²) in [5, 5.41) is 0. The molecule has 0 radical (unpaired) electrons. The molecule has 0 aliphatic rings. The van der Waals surface area contributed by atoms with Gasteiger partial charge >= 0.3 is 0 Å². The molecule has 0 atom stereocenters. The topological polar surface area (TPSA) is 52.3 Å². The van der Waals surface area contributed by atoms with Gasteiger partial charge in [0, 0.05) is 17.5 Å². The van der Waals surface area contributed by atoms with E-state index < -0.39 is 5.54 Å². The molecule has 3 nitrogen and oxygen atoms in total. The average Bonchev–Trinajstić information content (AvgIpc) is 2.14. The fourth-order valence-electron chi connectivity index (χ4n) is 1.53. The fourth-order valence-corrected chi connectivity index (χ4v) is 1.53. The Hall–Kier alpha value is -1.35. The molecule has 0 saturated carbocycles. The first kappa shape index (κ1) is 13.7. The number of hydrogen-bond acceptors (Lipinski definition) is 3. The Morgan fingerprint density at radius 1 is 1.41 bits per heavy atom. The summed E-state index contributed by atoms with van der Waals surface area (Å²) in [4.78, 5) is 12.0. The number of benzene rings is 1. The lowest BCUT2D eigenvalue weighted by Gasteiger charge is -2.17. The van der Waals surface area contributed by atoms with Crippen LogP contribution in [0.15, 0.2) is 24.3 Å². The molecule has 0 unspecified atom stereocenters. The van der Waals surface area contributed by atoms with Crippen LogP contribution in [0.25, 0.3) is 0 Å². The van der Waals surface area contributed by atoms with Crippen molar-refractivity contribution in [1.82, 2.24) is 0 Å². The van der Waals surface area contributed by atoms with Crippen LogP contribution in [0.1, 0.15) is 44.5 Å². The summed E-state index contributed by atoms with van der Waals surface area (Å²) in [6.07, 6.45) is 0.435. The number of nitrogens with two attached hydrogens (primary N) is 1. The van der Waals surface area contributed by atoms with Crippen LogP contribution in [0, 0.1) is 0 Å². The summed E-state index contributed by atoms with van der Waals surface area (Å²) >= 11 is 0. The van der Waals surface area contributed by atoms with Crippen LogP contribution in [-0.4, -0.2) is 17.4 Å². The van der Waals surface area contributed by atoms with Gasteiger partial charge in [0.15, 0.2) is 5.78 Å². The minimum atomic E-state index is -0.480. The molecule has 0 saturated heterocycles. The van der Waals surface area contributed by atoms with Crippen LogP contribution in [0.5, 0.6) is 5.75 Å². The van der Waals surface area contributed by atoms with Gasteiger partial charge in [0.25, 0.3) is 0 Å². The van der Waals surface area contributed by atoms with Crippen LogP contribution in [0.4, 0.5) is 0 Å². The zero-order valence-electron chi connectivity index (χ0n) is 11.0. The van der Waals surface area contributed by atoms with Crippen molar-refractivity contribution >= 4 is 5.78 Å². The van der Waals surface area contributed by atoms with Gasteiger partial charge in [0.2, 0.25) is 0 Å². The molecule has 0 heterocycles. The minimum Gasteiger partial charge on any atom is -0.491 e. The van der Waals surface area contributed by atoms with Crippen LogP contribution < -0.4 is 10.5 Å². The van der Waals surface area contributed by atoms with E-state index >= 15 is 0 Å². The van der Waals surface area contributed by atoms with Gasteiger partial charge in [-0.1, -0.05) is 12.1 Å². The number of carbonyl (C=O) groups is 1. The van der Waals surface area contributed by atoms with E-state index in [4.69, 9.17) is 10.5 Å². The first-order chi connectivity index (χ1) is 7.78. The largest absolute Gasteiger partial charge is 0.491 e. The van der Waals surface area contributed by atoms with E-state index in [0.29, 0.717) is 12.0 Å². The summed E-state index contributed by atoms with van der Waals surface area (Å²) in [7, 11) is 0. The van der Waals surface area contributed by atoms with Gasteiger partial charge in [0.1, 0.15) is 5.75 Å². The predicted molar refractivity (Wildman–Crippen MR) is 69.4 cm³/mol. The molecule has 0 amide bonds. The molecule has 0 fully saturated rings. The molecular weight excluding hydrogens is 214 g/mol. The molecule has 1 rings (SSSR count). The Bertz CT molecular complexity index is 391. The number of Topliss-reactive ketones (excluding diaryl/α,β-unsaturated/α-hetero) is 1. The number of hydrogen-bond donors (Lipinski definition) is 1. The number of carbonyl (C=O) groups excluding carboxylic acids is 1. The van der Waals surface area contributed by atoms with Gasteiger partial charge in [-0.15, -0.1) is 0 Å². The van der Waals surface area contributed by atoms with E-state index in [1.165, 1.54) is 0 Å². The van der Waals surface area contributed by atoms with E-state index in [0.717, 1.165) is 5.75 Å². The van der Waals surface area contributed by atoms with Crippen LogP contribution in [0.3, 0.4) is 0 Å². The highest BCUT2D eigenvalue weighted by atomic mass is 16.5. The first-order valence-electron chi connectivity index (χ1n) is 5.87. The summed E-state index contributed by atoms with van der Waals surface area (Å²) < 4.78 is 5.55. The Balaban J connectivity index is 2.81. The SMILES string of the molecule is CC(C)Oc1cccc(C(=O)CC(C)(C)N)c1. The monoisotopic (exact) mass is 235 g/mol.